The van der Waals surface area contributed by atoms with E-state index in [1.54, 1.807) is 38.1 Å². The lowest BCUT2D eigenvalue weighted by atomic mass is 10.0. The van der Waals surface area contributed by atoms with Gasteiger partial charge in [0.2, 0.25) is 0 Å². The van der Waals surface area contributed by atoms with Crippen LogP contribution in [0.4, 0.5) is 5.69 Å². The molecule has 9 heteroatoms. The smallest absolute Gasteiger partial charge is 0.264 e. The molecule has 0 aliphatic carbocycles. The lowest BCUT2D eigenvalue weighted by molar-refractivity contribution is 0.0911. The van der Waals surface area contributed by atoms with Gasteiger partial charge in [-0.1, -0.05) is 18.2 Å². The molecule has 164 valence electrons. The molecule has 31 heavy (non-hydrogen) atoms. The maximum atomic E-state index is 13.4. The number of para-hydroxylation sites is 1. The number of nitrogens with one attached hydrogen (secondary N) is 1. The van der Waals surface area contributed by atoms with Crippen molar-refractivity contribution in [2.45, 2.75) is 23.8 Å². The lowest BCUT2D eigenvalue weighted by Crippen LogP contribution is -2.51. The summed E-state index contributed by atoms with van der Waals surface area (Å²) < 4.78 is 33.3. The van der Waals surface area contributed by atoms with Crippen LogP contribution in [-0.4, -0.2) is 59.1 Å². The minimum Gasteiger partial charge on any atom is -0.496 e. The molecule has 1 unspecified atom stereocenters. The van der Waals surface area contributed by atoms with Gasteiger partial charge in [0.15, 0.2) is 0 Å². The number of methoxy groups -OCH3 is 1. The molecular weight excluding hydrogens is 416 g/mol. The Kier molecular flexibility index (Phi) is 6.25. The Balaban J connectivity index is 1.98. The molecule has 0 saturated heterocycles. The Morgan fingerprint density at radius 1 is 1.29 bits per heavy atom. The SMILES string of the molecule is COc1ccc(S(=O)(=O)N2CCc3ccccc32)cc1C(=O)NC(C)(C#N)CN(C)C. The summed E-state index contributed by atoms with van der Waals surface area (Å²) in [5, 5.41) is 12.3. The van der Waals surface area contributed by atoms with Crippen LogP contribution in [0, 0.1) is 11.3 Å². The zero-order valence-electron chi connectivity index (χ0n) is 18.0. The van der Waals surface area contributed by atoms with Crippen LogP contribution in [0.5, 0.6) is 5.75 Å². The molecule has 0 bridgehead atoms. The van der Waals surface area contributed by atoms with Gasteiger partial charge in [0.25, 0.3) is 15.9 Å². The zero-order chi connectivity index (χ0) is 22.8. The number of benzene rings is 2. The van der Waals surface area contributed by atoms with Gasteiger partial charge >= 0.3 is 0 Å². The van der Waals surface area contributed by atoms with E-state index in [4.69, 9.17) is 4.74 Å². The summed E-state index contributed by atoms with van der Waals surface area (Å²) in [7, 11) is 1.12. The third-order valence-corrected chi connectivity index (χ3v) is 6.93. The normalized spacial score (nSPS) is 15.2. The van der Waals surface area contributed by atoms with Crippen molar-refractivity contribution in [2.24, 2.45) is 0 Å². The predicted octanol–water partition coefficient (Wildman–Crippen LogP) is 2.02. The number of nitrogens with zero attached hydrogens (tertiary/aromatic N) is 3. The summed E-state index contributed by atoms with van der Waals surface area (Å²) in [5.41, 5.74) is 0.503. The van der Waals surface area contributed by atoms with E-state index in [1.807, 2.05) is 12.1 Å². The first-order chi connectivity index (χ1) is 14.6. The molecule has 1 atom stereocenters. The summed E-state index contributed by atoms with van der Waals surface area (Å²) in [4.78, 5) is 14.8. The number of amides is 1. The molecule has 1 heterocycles. The first-order valence-electron chi connectivity index (χ1n) is 9.78. The minimum atomic E-state index is -3.88. The van der Waals surface area contributed by atoms with Crippen molar-refractivity contribution in [1.29, 1.82) is 5.26 Å². The van der Waals surface area contributed by atoms with Gasteiger partial charge in [0.1, 0.15) is 11.3 Å². The minimum absolute atomic E-state index is 0.0126. The Bertz CT molecular complexity index is 1140. The van der Waals surface area contributed by atoms with Crippen molar-refractivity contribution in [3.8, 4) is 11.8 Å². The van der Waals surface area contributed by atoms with Crippen LogP contribution in [0.15, 0.2) is 47.4 Å². The van der Waals surface area contributed by atoms with E-state index in [0.717, 1.165) is 5.56 Å². The average molecular weight is 443 g/mol. The quantitative estimate of drug-likeness (QED) is 0.704. The van der Waals surface area contributed by atoms with Crippen molar-refractivity contribution in [3.05, 3.63) is 53.6 Å². The van der Waals surface area contributed by atoms with Crippen LogP contribution in [-0.2, 0) is 16.4 Å². The molecule has 1 N–H and O–H groups in total. The van der Waals surface area contributed by atoms with E-state index in [9.17, 15) is 18.5 Å². The first kappa shape index (κ1) is 22.6. The van der Waals surface area contributed by atoms with Gasteiger partial charge in [-0.2, -0.15) is 5.26 Å². The number of rotatable bonds is 7. The highest BCUT2D eigenvalue weighted by Crippen LogP contribution is 2.34. The lowest BCUT2D eigenvalue weighted by Gasteiger charge is -2.27. The summed E-state index contributed by atoms with van der Waals surface area (Å²) in [6, 6.07) is 13.7. The molecule has 1 aliphatic heterocycles. The molecule has 0 fully saturated rings. The molecule has 3 rings (SSSR count). The molecule has 0 spiro atoms. The van der Waals surface area contributed by atoms with E-state index in [-0.39, 0.29) is 16.2 Å². The number of hydrogen-bond acceptors (Lipinski definition) is 6. The summed E-state index contributed by atoms with van der Waals surface area (Å²) >= 11 is 0. The second kappa shape index (κ2) is 8.57. The number of carbonyl (C=O) groups excluding carboxylic acids is 1. The summed E-state index contributed by atoms with van der Waals surface area (Å²) in [6.07, 6.45) is 0.629. The number of anilines is 1. The van der Waals surface area contributed by atoms with Crippen LogP contribution in [0.25, 0.3) is 0 Å². The van der Waals surface area contributed by atoms with Crippen LogP contribution in [0.3, 0.4) is 0 Å². The fraction of sp³-hybridized carbons (Fsp3) is 0.364. The maximum Gasteiger partial charge on any atom is 0.264 e. The van der Waals surface area contributed by atoms with Gasteiger partial charge in [-0.3, -0.25) is 9.10 Å². The van der Waals surface area contributed by atoms with E-state index < -0.39 is 21.5 Å². The zero-order valence-corrected chi connectivity index (χ0v) is 18.9. The highest BCUT2D eigenvalue weighted by Gasteiger charge is 2.33. The molecule has 2 aromatic rings. The van der Waals surface area contributed by atoms with Gasteiger partial charge in [0, 0.05) is 13.1 Å². The van der Waals surface area contributed by atoms with Crippen molar-refractivity contribution >= 4 is 21.6 Å². The highest BCUT2D eigenvalue weighted by molar-refractivity contribution is 7.92. The van der Waals surface area contributed by atoms with Gasteiger partial charge in [-0.15, -0.1) is 0 Å². The van der Waals surface area contributed by atoms with E-state index in [2.05, 4.69) is 11.4 Å². The number of ether oxygens (including phenoxy) is 1. The molecular formula is C22H26N4O4S. The van der Waals surface area contributed by atoms with E-state index >= 15 is 0 Å². The Hall–Kier alpha value is -3.09. The predicted molar refractivity (Wildman–Crippen MR) is 118 cm³/mol. The fourth-order valence-corrected chi connectivity index (χ4v) is 5.29. The summed E-state index contributed by atoms with van der Waals surface area (Å²) in [6.45, 7) is 2.24. The first-order valence-corrected chi connectivity index (χ1v) is 11.2. The Labute approximate surface area is 183 Å². The molecule has 0 saturated carbocycles. The van der Waals surface area contributed by atoms with Gasteiger partial charge in [-0.25, -0.2) is 8.42 Å². The molecule has 1 aliphatic rings. The summed E-state index contributed by atoms with van der Waals surface area (Å²) in [5.74, 6) is -0.356. The van der Waals surface area contributed by atoms with Crippen molar-refractivity contribution in [2.75, 3.05) is 38.6 Å². The number of fused-ring (bicyclic) bond motifs is 1. The largest absolute Gasteiger partial charge is 0.496 e. The molecule has 1 amide bonds. The van der Waals surface area contributed by atoms with Crippen LogP contribution in [0.1, 0.15) is 22.8 Å². The third-order valence-electron chi connectivity index (χ3n) is 5.12. The monoisotopic (exact) mass is 442 g/mol. The van der Waals surface area contributed by atoms with E-state index in [0.29, 0.717) is 25.2 Å². The topological polar surface area (TPSA) is 103 Å². The van der Waals surface area contributed by atoms with Crippen LogP contribution < -0.4 is 14.4 Å². The second-order valence-corrected chi connectivity index (χ2v) is 9.82. The standard InChI is InChI=1S/C22H26N4O4S/c1-22(14-23,15-25(2)3)24-21(27)18-13-17(9-10-20(18)30-4)31(28,29)26-12-11-16-7-5-6-8-19(16)26/h5-10,13H,11-12,15H2,1-4H3,(H,24,27). The van der Waals surface area contributed by atoms with Gasteiger partial charge in [0.05, 0.1) is 29.3 Å². The van der Waals surface area contributed by atoms with Crippen molar-refractivity contribution in [1.82, 2.24) is 10.2 Å². The maximum absolute atomic E-state index is 13.4. The average Bonchev–Trinajstić information content (AvgIpc) is 3.17. The number of nitriles is 1. The fourth-order valence-electron chi connectivity index (χ4n) is 3.76. The third kappa shape index (κ3) is 4.50. The number of sulfonamides is 1. The second-order valence-electron chi connectivity index (χ2n) is 7.95. The highest BCUT2D eigenvalue weighted by atomic mass is 32.2. The number of carbonyl (C=O) groups is 1. The van der Waals surface area contributed by atoms with E-state index in [1.165, 1.54) is 29.6 Å². The Morgan fingerprint density at radius 3 is 2.65 bits per heavy atom. The van der Waals surface area contributed by atoms with Gasteiger partial charge < -0.3 is 15.0 Å². The molecule has 8 nitrogen and oxygen atoms in total. The van der Waals surface area contributed by atoms with Crippen LogP contribution in [0.2, 0.25) is 0 Å². The number of hydrogen-bond donors (Lipinski definition) is 1. The van der Waals surface area contributed by atoms with Crippen molar-refractivity contribution in [3.63, 3.8) is 0 Å². The molecule has 0 aromatic heterocycles. The molecule has 0 radical (unpaired) electrons. The van der Waals surface area contributed by atoms with Crippen LogP contribution >= 0.6 is 0 Å². The van der Waals surface area contributed by atoms with Crippen molar-refractivity contribution < 1.29 is 17.9 Å². The molecule has 2 aromatic carbocycles. The number of likely N-dealkylation sites (N-methyl/N-ethyl adjacent to an activating group) is 1. The Morgan fingerprint density at radius 2 is 2.00 bits per heavy atom. The van der Waals surface area contributed by atoms with Gasteiger partial charge in [-0.05, 0) is 57.3 Å².